The van der Waals surface area contributed by atoms with E-state index in [0.717, 1.165) is 35.3 Å². The van der Waals surface area contributed by atoms with E-state index in [4.69, 9.17) is 4.74 Å². The Morgan fingerprint density at radius 1 is 0.967 bits per heavy atom. The molecule has 150 valence electrons. The largest absolute Gasteiger partial charge is 0.497 e. The molecule has 2 heterocycles. The second-order valence-electron chi connectivity index (χ2n) is 6.79. The number of anilines is 2. The van der Waals surface area contributed by atoms with Crippen molar-refractivity contribution < 1.29 is 9.53 Å². The molecule has 2 N–H and O–H groups in total. The van der Waals surface area contributed by atoms with Gasteiger partial charge in [-0.25, -0.2) is 0 Å². The van der Waals surface area contributed by atoms with Gasteiger partial charge in [-0.15, -0.1) is 0 Å². The van der Waals surface area contributed by atoms with Crippen molar-refractivity contribution in [3.63, 3.8) is 0 Å². The summed E-state index contributed by atoms with van der Waals surface area (Å²) in [6, 6.07) is 21.1. The van der Waals surface area contributed by atoms with E-state index in [9.17, 15) is 4.79 Å². The highest BCUT2D eigenvalue weighted by molar-refractivity contribution is 6.07. The van der Waals surface area contributed by atoms with Crippen LogP contribution in [0.1, 0.15) is 16.1 Å². The fourth-order valence-corrected chi connectivity index (χ4v) is 3.20. The molecule has 1 amide bonds. The highest BCUT2D eigenvalue weighted by Crippen LogP contribution is 2.21. The molecular formula is C24H22N4O2. The summed E-state index contributed by atoms with van der Waals surface area (Å²) in [7, 11) is 1.66. The van der Waals surface area contributed by atoms with Crippen LogP contribution >= 0.6 is 0 Å². The predicted octanol–water partition coefficient (Wildman–Crippen LogP) is 4.55. The van der Waals surface area contributed by atoms with Crippen molar-refractivity contribution in [3.05, 3.63) is 90.4 Å². The molecule has 4 rings (SSSR count). The number of rotatable bonds is 7. The van der Waals surface area contributed by atoms with Gasteiger partial charge in [0.05, 0.1) is 18.3 Å². The van der Waals surface area contributed by atoms with Gasteiger partial charge in [-0.2, -0.15) is 0 Å². The molecule has 0 saturated heterocycles. The third-order valence-corrected chi connectivity index (χ3v) is 4.78. The number of nitrogens with one attached hydrogen (secondary N) is 2. The van der Waals surface area contributed by atoms with E-state index in [1.54, 1.807) is 25.6 Å². The summed E-state index contributed by atoms with van der Waals surface area (Å²) in [6.45, 7) is 0.741. The SMILES string of the molecule is COc1ccc(CCNc2ccnc(C(=O)Nc3cccc4cccnc34)c2)cc1. The maximum Gasteiger partial charge on any atom is 0.274 e. The minimum absolute atomic E-state index is 0.271. The zero-order valence-corrected chi connectivity index (χ0v) is 16.6. The van der Waals surface area contributed by atoms with Crippen molar-refractivity contribution >= 4 is 28.2 Å². The van der Waals surface area contributed by atoms with Gasteiger partial charge in [-0.05, 0) is 48.4 Å². The van der Waals surface area contributed by atoms with Gasteiger partial charge in [0.2, 0.25) is 0 Å². The molecule has 2 aromatic carbocycles. The van der Waals surface area contributed by atoms with Crippen molar-refractivity contribution in [2.75, 3.05) is 24.3 Å². The molecule has 0 atom stereocenters. The topological polar surface area (TPSA) is 76.1 Å². The molecule has 0 bridgehead atoms. The van der Waals surface area contributed by atoms with Gasteiger partial charge >= 0.3 is 0 Å². The minimum Gasteiger partial charge on any atom is -0.497 e. The monoisotopic (exact) mass is 398 g/mol. The zero-order valence-electron chi connectivity index (χ0n) is 16.6. The number of carbonyl (C=O) groups is 1. The number of nitrogens with zero attached hydrogens (tertiary/aromatic N) is 2. The van der Waals surface area contributed by atoms with Crippen molar-refractivity contribution in [1.82, 2.24) is 9.97 Å². The average molecular weight is 398 g/mol. The molecule has 0 aliphatic rings. The average Bonchev–Trinajstić information content (AvgIpc) is 2.80. The van der Waals surface area contributed by atoms with Crippen LogP contribution in [0.25, 0.3) is 10.9 Å². The fraction of sp³-hybridized carbons (Fsp3) is 0.125. The van der Waals surface area contributed by atoms with Gasteiger partial charge in [0, 0.05) is 30.0 Å². The van der Waals surface area contributed by atoms with Crippen LogP contribution in [-0.2, 0) is 6.42 Å². The smallest absolute Gasteiger partial charge is 0.274 e. The molecule has 6 nitrogen and oxygen atoms in total. The van der Waals surface area contributed by atoms with Crippen LogP contribution in [-0.4, -0.2) is 29.5 Å². The van der Waals surface area contributed by atoms with E-state index >= 15 is 0 Å². The van der Waals surface area contributed by atoms with Crippen molar-refractivity contribution in [1.29, 1.82) is 0 Å². The van der Waals surface area contributed by atoms with Crippen LogP contribution in [0.15, 0.2) is 79.1 Å². The van der Waals surface area contributed by atoms with E-state index in [-0.39, 0.29) is 5.91 Å². The van der Waals surface area contributed by atoms with Crippen LogP contribution in [0.4, 0.5) is 11.4 Å². The molecule has 0 aliphatic carbocycles. The Hall–Kier alpha value is -3.93. The lowest BCUT2D eigenvalue weighted by Gasteiger charge is -2.10. The molecule has 30 heavy (non-hydrogen) atoms. The van der Waals surface area contributed by atoms with E-state index in [1.165, 1.54) is 5.56 Å². The number of hydrogen-bond donors (Lipinski definition) is 2. The third-order valence-electron chi connectivity index (χ3n) is 4.78. The first-order chi connectivity index (χ1) is 14.7. The Balaban J connectivity index is 1.40. The van der Waals surface area contributed by atoms with Crippen LogP contribution in [0.5, 0.6) is 5.75 Å². The Bertz CT molecular complexity index is 1150. The molecular weight excluding hydrogens is 376 g/mol. The summed E-state index contributed by atoms with van der Waals surface area (Å²) >= 11 is 0. The van der Waals surface area contributed by atoms with Crippen molar-refractivity contribution in [2.24, 2.45) is 0 Å². The number of hydrogen-bond acceptors (Lipinski definition) is 5. The van der Waals surface area contributed by atoms with Crippen LogP contribution in [0, 0.1) is 0 Å². The van der Waals surface area contributed by atoms with Gasteiger partial charge in [0.25, 0.3) is 5.91 Å². The summed E-state index contributed by atoms with van der Waals surface area (Å²) in [5, 5.41) is 7.23. The Kier molecular flexibility index (Phi) is 5.85. The summed E-state index contributed by atoms with van der Waals surface area (Å²) < 4.78 is 5.18. The molecule has 0 fully saturated rings. The Morgan fingerprint density at radius 3 is 2.63 bits per heavy atom. The summed E-state index contributed by atoms with van der Waals surface area (Å²) in [5.74, 6) is 0.574. The normalized spacial score (nSPS) is 10.6. The van der Waals surface area contributed by atoms with Gasteiger partial charge in [-0.3, -0.25) is 14.8 Å². The van der Waals surface area contributed by atoms with Crippen LogP contribution in [0.2, 0.25) is 0 Å². The van der Waals surface area contributed by atoms with E-state index in [0.29, 0.717) is 11.4 Å². The van der Waals surface area contributed by atoms with E-state index in [2.05, 4.69) is 20.6 Å². The standard InChI is InChI=1S/C24H22N4O2/c1-30-20-9-7-17(8-10-20)11-14-25-19-12-15-26-22(16-19)24(29)28-21-6-2-4-18-5-3-13-27-23(18)21/h2-10,12-13,15-16H,11,14H2,1H3,(H,25,26)(H,28,29). The van der Waals surface area contributed by atoms with E-state index in [1.807, 2.05) is 60.7 Å². The fourth-order valence-electron chi connectivity index (χ4n) is 3.20. The van der Waals surface area contributed by atoms with Crippen molar-refractivity contribution in [3.8, 4) is 5.75 Å². The van der Waals surface area contributed by atoms with Gasteiger partial charge in [0.15, 0.2) is 0 Å². The first-order valence-corrected chi connectivity index (χ1v) is 9.71. The lowest BCUT2D eigenvalue weighted by Crippen LogP contribution is -2.15. The lowest BCUT2D eigenvalue weighted by atomic mass is 10.1. The number of methoxy groups -OCH3 is 1. The predicted molar refractivity (Wildman–Crippen MR) is 119 cm³/mol. The molecule has 0 radical (unpaired) electrons. The molecule has 4 aromatic rings. The molecule has 6 heteroatoms. The lowest BCUT2D eigenvalue weighted by molar-refractivity contribution is 0.102. The maximum absolute atomic E-state index is 12.7. The number of benzene rings is 2. The number of pyridine rings is 2. The quantitative estimate of drug-likeness (QED) is 0.478. The van der Waals surface area contributed by atoms with Gasteiger partial charge < -0.3 is 15.4 Å². The second kappa shape index (κ2) is 9.05. The van der Waals surface area contributed by atoms with E-state index < -0.39 is 0 Å². The first kappa shape index (κ1) is 19.4. The van der Waals surface area contributed by atoms with Crippen LogP contribution in [0.3, 0.4) is 0 Å². The molecule has 0 spiro atoms. The number of ether oxygens (including phenoxy) is 1. The zero-order chi connectivity index (χ0) is 20.8. The number of carbonyl (C=O) groups excluding carboxylic acids is 1. The Morgan fingerprint density at radius 2 is 1.80 bits per heavy atom. The number of para-hydroxylation sites is 1. The van der Waals surface area contributed by atoms with Gasteiger partial charge in [0.1, 0.15) is 11.4 Å². The maximum atomic E-state index is 12.7. The Labute approximate surface area is 175 Å². The first-order valence-electron chi connectivity index (χ1n) is 9.71. The minimum atomic E-state index is -0.271. The number of amides is 1. The van der Waals surface area contributed by atoms with Gasteiger partial charge in [-0.1, -0.05) is 30.3 Å². The summed E-state index contributed by atoms with van der Waals surface area (Å²) in [6.07, 6.45) is 4.20. The number of aromatic nitrogens is 2. The third kappa shape index (κ3) is 4.55. The highest BCUT2D eigenvalue weighted by Gasteiger charge is 2.11. The molecule has 0 aliphatic heterocycles. The van der Waals surface area contributed by atoms with Crippen molar-refractivity contribution in [2.45, 2.75) is 6.42 Å². The van der Waals surface area contributed by atoms with Crippen LogP contribution < -0.4 is 15.4 Å². The molecule has 0 saturated carbocycles. The number of fused-ring (bicyclic) bond motifs is 1. The second-order valence-corrected chi connectivity index (χ2v) is 6.79. The summed E-state index contributed by atoms with van der Waals surface area (Å²) in [5.41, 5.74) is 3.82. The summed E-state index contributed by atoms with van der Waals surface area (Å²) in [4.78, 5) is 21.3. The highest BCUT2D eigenvalue weighted by atomic mass is 16.5. The molecule has 2 aromatic heterocycles. The molecule has 0 unspecified atom stereocenters.